The lowest BCUT2D eigenvalue weighted by Crippen LogP contribution is -2.07. The molecule has 0 radical (unpaired) electrons. The summed E-state index contributed by atoms with van der Waals surface area (Å²) in [7, 11) is 0. The molecule has 2 rings (SSSR count). The SMILES string of the molecule is CC(C)Oc1cccc(C(O)Cc2cc(F)ccc2Br)c1. The van der Waals surface area contributed by atoms with Gasteiger partial charge in [-0.25, -0.2) is 4.39 Å². The molecule has 1 atom stereocenters. The second kappa shape index (κ2) is 7.05. The van der Waals surface area contributed by atoms with Crippen LogP contribution in [0.5, 0.6) is 5.75 Å². The smallest absolute Gasteiger partial charge is 0.123 e. The minimum absolute atomic E-state index is 0.0785. The van der Waals surface area contributed by atoms with Gasteiger partial charge in [-0.15, -0.1) is 0 Å². The van der Waals surface area contributed by atoms with Crippen LogP contribution in [-0.4, -0.2) is 11.2 Å². The highest BCUT2D eigenvalue weighted by Gasteiger charge is 2.12. The molecule has 21 heavy (non-hydrogen) atoms. The van der Waals surface area contributed by atoms with Gasteiger partial charge in [-0.1, -0.05) is 28.1 Å². The van der Waals surface area contributed by atoms with E-state index in [9.17, 15) is 9.50 Å². The number of rotatable bonds is 5. The van der Waals surface area contributed by atoms with Gasteiger partial charge < -0.3 is 9.84 Å². The van der Waals surface area contributed by atoms with Crippen LogP contribution in [0.4, 0.5) is 4.39 Å². The lowest BCUT2D eigenvalue weighted by atomic mass is 10.0. The molecule has 1 N–H and O–H groups in total. The first-order valence-corrected chi connectivity index (χ1v) is 7.63. The molecule has 0 saturated carbocycles. The molecular weight excluding hydrogens is 335 g/mol. The van der Waals surface area contributed by atoms with E-state index in [2.05, 4.69) is 15.9 Å². The Bertz CT molecular complexity index is 613. The summed E-state index contributed by atoms with van der Waals surface area (Å²) < 4.78 is 19.7. The van der Waals surface area contributed by atoms with Gasteiger partial charge in [0.05, 0.1) is 12.2 Å². The first kappa shape index (κ1) is 16.0. The summed E-state index contributed by atoms with van der Waals surface area (Å²) in [4.78, 5) is 0. The molecule has 0 aliphatic rings. The number of hydrogen-bond donors (Lipinski definition) is 1. The Morgan fingerprint density at radius 2 is 1.95 bits per heavy atom. The monoisotopic (exact) mass is 352 g/mol. The molecular formula is C17H18BrFO2. The Morgan fingerprint density at radius 3 is 2.67 bits per heavy atom. The van der Waals surface area contributed by atoms with Crippen LogP contribution < -0.4 is 4.74 Å². The Kier molecular flexibility index (Phi) is 5.37. The number of halogens is 2. The lowest BCUT2D eigenvalue weighted by molar-refractivity contribution is 0.176. The quantitative estimate of drug-likeness (QED) is 0.848. The Hall–Kier alpha value is -1.39. The second-order valence-electron chi connectivity index (χ2n) is 5.19. The average Bonchev–Trinajstić information content (AvgIpc) is 2.42. The predicted molar refractivity (Wildman–Crippen MR) is 85.0 cm³/mol. The van der Waals surface area contributed by atoms with Crippen molar-refractivity contribution in [2.24, 2.45) is 0 Å². The maximum absolute atomic E-state index is 13.3. The zero-order valence-corrected chi connectivity index (χ0v) is 13.6. The molecule has 0 saturated heterocycles. The van der Waals surface area contributed by atoms with Crippen LogP contribution in [0.15, 0.2) is 46.9 Å². The van der Waals surface area contributed by atoms with Gasteiger partial charge in [0.25, 0.3) is 0 Å². The largest absolute Gasteiger partial charge is 0.491 e. The molecule has 2 nitrogen and oxygen atoms in total. The second-order valence-corrected chi connectivity index (χ2v) is 6.05. The van der Waals surface area contributed by atoms with Gasteiger partial charge in [0.1, 0.15) is 11.6 Å². The van der Waals surface area contributed by atoms with E-state index in [4.69, 9.17) is 4.74 Å². The molecule has 0 aromatic heterocycles. The standard InChI is InChI=1S/C17H18BrFO2/c1-11(2)21-15-5-3-4-12(9-15)17(20)10-13-8-14(19)6-7-16(13)18/h3-9,11,17,20H,10H2,1-2H3. The van der Waals surface area contributed by atoms with E-state index >= 15 is 0 Å². The van der Waals surface area contributed by atoms with Crippen molar-refractivity contribution in [3.05, 3.63) is 63.9 Å². The highest BCUT2D eigenvalue weighted by Crippen LogP contribution is 2.26. The zero-order chi connectivity index (χ0) is 15.4. The van der Waals surface area contributed by atoms with Crippen molar-refractivity contribution in [2.75, 3.05) is 0 Å². The highest BCUT2D eigenvalue weighted by molar-refractivity contribution is 9.10. The Morgan fingerprint density at radius 1 is 1.19 bits per heavy atom. The number of hydrogen-bond acceptors (Lipinski definition) is 2. The third kappa shape index (κ3) is 4.55. The van der Waals surface area contributed by atoms with Crippen molar-refractivity contribution in [1.29, 1.82) is 0 Å². The molecule has 2 aromatic rings. The molecule has 0 bridgehead atoms. The number of aliphatic hydroxyl groups excluding tert-OH is 1. The van der Waals surface area contributed by atoms with E-state index in [1.54, 1.807) is 6.07 Å². The van der Waals surface area contributed by atoms with E-state index in [0.717, 1.165) is 21.3 Å². The first-order chi connectivity index (χ1) is 9.95. The van der Waals surface area contributed by atoms with Crippen LogP contribution in [0.3, 0.4) is 0 Å². The summed E-state index contributed by atoms with van der Waals surface area (Å²) in [5.41, 5.74) is 1.49. The van der Waals surface area contributed by atoms with E-state index in [0.29, 0.717) is 6.42 Å². The summed E-state index contributed by atoms with van der Waals surface area (Å²) in [6, 6.07) is 11.8. The zero-order valence-electron chi connectivity index (χ0n) is 12.0. The minimum atomic E-state index is -0.709. The van der Waals surface area contributed by atoms with Crippen LogP contribution in [0.1, 0.15) is 31.1 Å². The molecule has 0 heterocycles. The fourth-order valence-electron chi connectivity index (χ4n) is 2.09. The molecule has 112 valence electrons. The number of aliphatic hydroxyl groups is 1. The molecule has 0 aliphatic carbocycles. The maximum Gasteiger partial charge on any atom is 0.123 e. The summed E-state index contributed by atoms with van der Waals surface area (Å²) in [6.07, 6.45) is -0.294. The van der Waals surface area contributed by atoms with Crippen molar-refractivity contribution in [1.82, 2.24) is 0 Å². The molecule has 2 aromatic carbocycles. The molecule has 0 fully saturated rings. The Balaban J connectivity index is 2.16. The van der Waals surface area contributed by atoms with E-state index in [1.165, 1.54) is 12.1 Å². The number of ether oxygens (including phenoxy) is 1. The van der Waals surface area contributed by atoms with Crippen molar-refractivity contribution >= 4 is 15.9 Å². The van der Waals surface area contributed by atoms with Crippen molar-refractivity contribution in [2.45, 2.75) is 32.5 Å². The van der Waals surface area contributed by atoms with Crippen molar-refractivity contribution in [3.63, 3.8) is 0 Å². The fourth-order valence-corrected chi connectivity index (χ4v) is 2.50. The first-order valence-electron chi connectivity index (χ1n) is 6.84. The molecule has 4 heteroatoms. The van der Waals surface area contributed by atoms with Crippen LogP contribution in [0, 0.1) is 5.82 Å². The summed E-state index contributed by atoms with van der Waals surface area (Å²) in [5.74, 6) is 0.414. The van der Waals surface area contributed by atoms with Gasteiger partial charge in [-0.05, 0) is 55.3 Å². The third-order valence-corrected chi connectivity index (χ3v) is 3.81. The lowest BCUT2D eigenvalue weighted by Gasteiger charge is -2.15. The van der Waals surface area contributed by atoms with Crippen molar-refractivity contribution in [3.8, 4) is 5.75 Å². The van der Waals surface area contributed by atoms with Crippen LogP contribution in [-0.2, 0) is 6.42 Å². The molecule has 0 amide bonds. The van der Waals surface area contributed by atoms with E-state index < -0.39 is 6.10 Å². The van der Waals surface area contributed by atoms with Gasteiger partial charge in [-0.3, -0.25) is 0 Å². The summed E-state index contributed by atoms with van der Waals surface area (Å²) >= 11 is 3.38. The van der Waals surface area contributed by atoms with Crippen molar-refractivity contribution < 1.29 is 14.2 Å². The van der Waals surface area contributed by atoms with Crippen LogP contribution >= 0.6 is 15.9 Å². The van der Waals surface area contributed by atoms with Crippen LogP contribution in [0.25, 0.3) is 0 Å². The molecule has 1 unspecified atom stereocenters. The Labute approximate surface area is 132 Å². The van der Waals surface area contributed by atoms with E-state index in [-0.39, 0.29) is 11.9 Å². The molecule has 0 spiro atoms. The molecule has 0 aliphatic heterocycles. The summed E-state index contributed by atoms with van der Waals surface area (Å²) in [5, 5.41) is 10.3. The third-order valence-electron chi connectivity index (χ3n) is 3.04. The normalized spacial score (nSPS) is 12.5. The minimum Gasteiger partial charge on any atom is -0.491 e. The van der Waals surface area contributed by atoms with Crippen LogP contribution in [0.2, 0.25) is 0 Å². The van der Waals surface area contributed by atoms with Gasteiger partial charge in [-0.2, -0.15) is 0 Å². The van der Waals surface area contributed by atoms with E-state index in [1.807, 2.05) is 38.1 Å². The van der Waals surface area contributed by atoms with Gasteiger partial charge in [0.2, 0.25) is 0 Å². The van der Waals surface area contributed by atoms with Gasteiger partial charge >= 0.3 is 0 Å². The highest BCUT2D eigenvalue weighted by atomic mass is 79.9. The number of benzene rings is 2. The maximum atomic E-state index is 13.3. The topological polar surface area (TPSA) is 29.5 Å². The predicted octanol–water partition coefficient (Wildman–Crippen LogP) is 4.65. The average molecular weight is 353 g/mol. The summed E-state index contributed by atoms with van der Waals surface area (Å²) in [6.45, 7) is 3.90. The fraction of sp³-hybridized carbons (Fsp3) is 0.294. The van der Waals surface area contributed by atoms with Gasteiger partial charge in [0.15, 0.2) is 0 Å². The van der Waals surface area contributed by atoms with Gasteiger partial charge in [0, 0.05) is 10.9 Å².